The van der Waals surface area contributed by atoms with Gasteiger partial charge in [0.15, 0.2) is 0 Å². The van der Waals surface area contributed by atoms with Crippen molar-refractivity contribution < 1.29 is 55.4 Å². The summed E-state index contributed by atoms with van der Waals surface area (Å²) in [6.45, 7) is 0. The second-order valence-corrected chi connectivity index (χ2v) is 3.55. The van der Waals surface area contributed by atoms with Crippen LogP contribution in [0.1, 0.15) is 0 Å². The van der Waals surface area contributed by atoms with Gasteiger partial charge in [-0.15, -0.1) is 0 Å². The summed E-state index contributed by atoms with van der Waals surface area (Å²) >= 11 is 0. The molecule has 0 saturated carbocycles. The van der Waals surface area contributed by atoms with Crippen molar-refractivity contribution >= 4 is 15.6 Å². The molecule has 10 heavy (non-hydrogen) atoms. The van der Waals surface area contributed by atoms with Gasteiger partial charge in [-0.2, -0.15) is 0 Å². The molecule has 0 unspecified atom stereocenters. The zero-order valence-electron chi connectivity index (χ0n) is 4.13. The predicted molar refractivity (Wildman–Crippen MR) is 20.7 cm³/mol. The Bertz CT molecular complexity index is 152. The van der Waals surface area contributed by atoms with Crippen molar-refractivity contribution in [2.24, 2.45) is 0 Å². The fourth-order valence-corrected chi connectivity index (χ4v) is 1.17. The van der Waals surface area contributed by atoms with Gasteiger partial charge in [0.25, 0.3) is 0 Å². The van der Waals surface area contributed by atoms with E-state index >= 15 is 0 Å². The molecule has 0 aliphatic rings. The number of hydrogen-bond donors (Lipinski definition) is 2. The summed E-state index contributed by atoms with van der Waals surface area (Å²) in [4.78, 5) is 34.1. The predicted octanol–water partition coefficient (Wildman–Crippen LogP) is -2.08. The van der Waals surface area contributed by atoms with Crippen LogP contribution in [0.25, 0.3) is 0 Å². The van der Waals surface area contributed by atoms with Crippen molar-refractivity contribution in [3.63, 3.8) is 0 Å². The fraction of sp³-hybridized carbons (Fsp3) is 0. The summed E-state index contributed by atoms with van der Waals surface area (Å²) in [5, 5.41) is 0. The Kier molecular flexibility index (Phi) is 5.61. The van der Waals surface area contributed by atoms with Crippen LogP contribution < -0.4 is 9.79 Å². The second kappa shape index (κ2) is 4.13. The fourth-order valence-electron chi connectivity index (χ4n) is 0.130. The van der Waals surface area contributed by atoms with Gasteiger partial charge in [-0.3, -0.25) is 4.31 Å². The van der Waals surface area contributed by atoms with Crippen LogP contribution in [0.15, 0.2) is 0 Å². The van der Waals surface area contributed by atoms with Gasteiger partial charge < -0.3 is 24.1 Å². The summed E-state index contributed by atoms with van der Waals surface area (Å²) in [7, 11) is -10.7. The van der Waals surface area contributed by atoms with E-state index in [1.807, 2.05) is 0 Å². The third-order valence-electron chi connectivity index (χ3n) is 0.206. The molecule has 0 amide bonds. The summed E-state index contributed by atoms with van der Waals surface area (Å²) < 4.78 is 21.7. The van der Waals surface area contributed by atoms with Gasteiger partial charge in [0.05, 0.1) is 7.82 Å². The van der Waals surface area contributed by atoms with E-state index in [0.717, 1.165) is 0 Å². The third-order valence-corrected chi connectivity index (χ3v) is 1.86. The molecule has 0 saturated heterocycles. The van der Waals surface area contributed by atoms with Gasteiger partial charge in [-0.25, -0.2) is 4.57 Å². The van der Waals surface area contributed by atoms with Crippen molar-refractivity contribution in [2.45, 2.75) is 0 Å². The van der Waals surface area contributed by atoms with Crippen LogP contribution in [-0.2, 0) is 35.8 Å². The van der Waals surface area contributed by atoms with Crippen molar-refractivity contribution in [3.05, 3.63) is 0 Å². The average Bonchev–Trinajstić information content (AvgIpc) is 1.14. The molecule has 0 heterocycles. The van der Waals surface area contributed by atoms with E-state index in [0.29, 0.717) is 0 Å². The smallest absolute Gasteiger partial charge is 0.473 e. The summed E-state index contributed by atoms with van der Waals surface area (Å²) in [5.41, 5.74) is 0. The Hall–Kier alpha value is 1.00. The van der Waals surface area contributed by atoms with Crippen LogP contribution in [-0.4, -0.2) is 9.79 Å². The van der Waals surface area contributed by atoms with Gasteiger partial charge >= 0.3 is 7.82 Å². The number of rotatable bonds is 2. The maximum atomic E-state index is 9.55. The van der Waals surface area contributed by atoms with Crippen molar-refractivity contribution in [3.8, 4) is 0 Å². The van der Waals surface area contributed by atoms with Gasteiger partial charge in [0.2, 0.25) is 0 Å². The Labute approximate surface area is 71.4 Å². The standard InChI is InChI=1S/Ag.H4O7P2/c;1-8(2,3)7-9(4,5)6/h;(H2,1,2,3)(H2,4,5,6)/p-2. The van der Waals surface area contributed by atoms with E-state index in [1.54, 1.807) is 0 Å². The molecular weight excluding hydrogens is 282 g/mol. The van der Waals surface area contributed by atoms with E-state index in [4.69, 9.17) is 9.79 Å². The van der Waals surface area contributed by atoms with Crippen LogP contribution in [0, 0.1) is 0 Å². The molecule has 0 rings (SSSR count). The van der Waals surface area contributed by atoms with E-state index in [9.17, 15) is 18.9 Å². The van der Waals surface area contributed by atoms with Crippen molar-refractivity contribution in [1.29, 1.82) is 0 Å². The molecule has 67 valence electrons. The zero-order chi connectivity index (χ0) is 7.71. The Morgan fingerprint density at radius 2 is 1.50 bits per heavy atom. The van der Waals surface area contributed by atoms with Crippen molar-refractivity contribution in [2.75, 3.05) is 0 Å². The first-order chi connectivity index (χ1) is 3.71. The molecule has 0 fully saturated rings. The summed E-state index contributed by atoms with van der Waals surface area (Å²) in [6, 6.07) is 0. The number of phosphoric acid groups is 2. The minimum absolute atomic E-state index is 0. The quantitative estimate of drug-likeness (QED) is 0.439. The summed E-state index contributed by atoms with van der Waals surface area (Å²) in [6.07, 6.45) is 0. The number of hydrogen-bond acceptors (Lipinski definition) is 5. The van der Waals surface area contributed by atoms with E-state index in [-0.39, 0.29) is 22.4 Å². The van der Waals surface area contributed by atoms with Gasteiger partial charge in [-0.05, 0) is 0 Å². The Morgan fingerprint density at radius 1 is 1.20 bits per heavy atom. The first-order valence-corrected chi connectivity index (χ1v) is 4.49. The zero-order valence-corrected chi connectivity index (χ0v) is 7.40. The Morgan fingerprint density at radius 3 is 1.50 bits per heavy atom. The first-order valence-electron chi connectivity index (χ1n) is 1.50. The topological polar surface area (TPSA) is 130 Å². The van der Waals surface area contributed by atoms with Crippen LogP contribution in [0.3, 0.4) is 0 Å². The SMILES string of the molecule is O=P([O-])([O-])OP(=O)(O)O.[Ag]. The molecule has 10 heteroatoms. The second-order valence-electron chi connectivity index (χ2n) is 1.02. The minimum Gasteiger partial charge on any atom is -0.789 e. The molecule has 2 N–H and O–H groups in total. The van der Waals surface area contributed by atoms with Crippen LogP contribution >= 0.6 is 15.6 Å². The minimum atomic E-state index is -5.55. The first kappa shape index (κ1) is 13.6. The Balaban J connectivity index is 0. The van der Waals surface area contributed by atoms with Crippen LogP contribution in [0.4, 0.5) is 0 Å². The largest absolute Gasteiger partial charge is 0.789 e. The monoisotopic (exact) mass is 283 g/mol. The van der Waals surface area contributed by atoms with Crippen LogP contribution in [0.5, 0.6) is 0 Å². The van der Waals surface area contributed by atoms with Crippen molar-refractivity contribution in [1.82, 2.24) is 0 Å². The molecule has 0 spiro atoms. The van der Waals surface area contributed by atoms with Crippen LogP contribution in [0.2, 0.25) is 0 Å². The van der Waals surface area contributed by atoms with E-state index < -0.39 is 15.6 Å². The molecule has 0 aromatic heterocycles. The molecule has 0 aromatic rings. The maximum Gasteiger partial charge on any atom is 0.473 e. The van der Waals surface area contributed by atoms with E-state index in [1.165, 1.54) is 0 Å². The average molecular weight is 284 g/mol. The molecule has 0 aliphatic heterocycles. The molecule has 1 radical (unpaired) electrons. The molecule has 0 bridgehead atoms. The molecule has 0 atom stereocenters. The van der Waals surface area contributed by atoms with Gasteiger partial charge in [-0.1, -0.05) is 0 Å². The van der Waals surface area contributed by atoms with Gasteiger partial charge in [0, 0.05) is 22.4 Å². The summed E-state index contributed by atoms with van der Waals surface area (Å²) in [5.74, 6) is 0. The molecule has 7 nitrogen and oxygen atoms in total. The normalized spacial score (nSPS) is 12.4. The van der Waals surface area contributed by atoms with Gasteiger partial charge in [0.1, 0.15) is 0 Å². The van der Waals surface area contributed by atoms with E-state index in [2.05, 4.69) is 4.31 Å². The molecular formula is H2AgO7P2-2. The molecule has 0 aliphatic carbocycles. The molecule has 0 aromatic carbocycles. The third kappa shape index (κ3) is 11.8. The maximum absolute atomic E-state index is 9.55.